The van der Waals surface area contributed by atoms with Gasteiger partial charge in [-0.2, -0.15) is 0 Å². The quantitative estimate of drug-likeness (QED) is 0.436. The molecule has 9 heavy (non-hydrogen) atoms. The summed E-state index contributed by atoms with van der Waals surface area (Å²) in [6.07, 6.45) is 0. The van der Waals surface area contributed by atoms with Crippen molar-refractivity contribution in [3.63, 3.8) is 0 Å². The van der Waals surface area contributed by atoms with E-state index in [1.165, 1.54) is 0 Å². The van der Waals surface area contributed by atoms with Gasteiger partial charge in [0.1, 0.15) is 0 Å². The summed E-state index contributed by atoms with van der Waals surface area (Å²) >= 11 is 0. The highest BCUT2D eigenvalue weighted by Crippen LogP contribution is 2.01. The summed E-state index contributed by atoms with van der Waals surface area (Å²) in [5, 5.41) is 6.81. The van der Waals surface area contributed by atoms with E-state index in [0.29, 0.717) is 12.1 Å². The molecule has 2 atom stereocenters. The van der Waals surface area contributed by atoms with Gasteiger partial charge in [-0.15, -0.1) is 0 Å². The van der Waals surface area contributed by atoms with Crippen molar-refractivity contribution >= 4 is 0 Å². The Morgan fingerprint density at radius 3 is 2.33 bits per heavy atom. The molecule has 0 spiro atoms. The van der Waals surface area contributed by atoms with Crippen LogP contribution in [0.3, 0.4) is 0 Å². The molecule has 2 rings (SSSR count). The molecule has 2 aliphatic rings. The monoisotopic (exact) mass is 128 g/mol. The smallest absolute Gasteiger partial charge is 0.0632 e. The molecule has 2 bridgehead atoms. The first-order valence-electron chi connectivity index (χ1n) is 3.49. The second kappa shape index (κ2) is 2.25. The number of rotatable bonds is 0. The fraction of sp³-hybridized carbons (Fsp3) is 1.00. The van der Waals surface area contributed by atoms with Gasteiger partial charge < -0.3 is 15.4 Å². The lowest BCUT2D eigenvalue weighted by atomic mass is 10.1. The molecule has 2 fully saturated rings. The summed E-state index contributed by atoms with van der Waals surface area (Å²) < 4.78 is 5.33. The summed E-state index contributed by atoms with van der Waals surface area (Å²) in [5.74, 6) is 0. The maximum atomic E-state index is 5.33. The Bertz CT molecular complexity index is 87.2. The summed E-state index contributed by atoms with van der Waals surface area (Å²) in [6.45, 7) is 3.89. The Kier molecular flexibility index (Phi) is 1.41. The zero-order chi connectivity index (χ0) is 6.10. The highest BCUT2D eigenvalue weighted by molar-refractivity contribution is 4.86. The van der Waals surface area contributed by atoms with Crippen LogP contribution in [0.15, 0.2) is 0 Å². The van der Waals surface area contributed by atoms with E-state index in [2.05, 4.69) is 10.6 Å². The van der Waals surface area contributed by atoms with Gasteiger partial charge in [-0.1, -0.05) is 0 Å². The Morgan fingerprint density at radius 1 is 1.11 bits per heavy atom. The molecule has 2 heterocycles. The van der Waals surface area contributed by atoms with Gasteiger partial charge >= 0.3 is 0 Å². The van der Waals surface area contributed by atoms with Crippen LogP contribution in [0.2, 0.25) is 0 Å². The lowest BCUT2D eigenvalue weighted by molar-refractivity contribution is 0.0310. The number of hydrogen-bond donors (Lipinski definition) is 2. The molecule has 2 N–H and O–H groups in total. The number of hydrogen-bond acceptors (Lipinski definition) is 3. The molecule has 0 aromatic heterocycles. The van der Waals surface area contributed by atoms with Crippen molar-refractivity contribution in [1.82, 2.24) is 10.6 Å². The fourth-order valence-electron chi connectivity index (χ4n) is 1.45. The molecule has 52 valence electrons. The zero-order valence-corrected chi connectivity index (χ0v) is 5.39. The van der Waals surface area contributed by atoms with E-state index >= 15 is 0 Å². The number of morpholine rings is 1. The third-order valence-electron chi connectivity index (χ3n) is 1.89. The summed E-state index contributed by atoms with van der Waals surface area (Å²) in [4.78, 5) is 0. The SMILES string of the molecule is C1NCC2COCC1N2. The van der Waals surface area contributed by atoms with Crippen molar-refractivity contribution in [2.24, 2.45) is 0 Å². The molecule has 3 heteroatoms. The molecule has 2 saturated heterocycles. The lowest BCUT2D eigenvalue weighted by Gasteiger charge is -2.36. The second-order valence-electron chi connectivity index (χ2n) is 2.76. The van der Waals surface area contributed by atoms with Crippen LogP contribution >= 0.6 is 0 Å². The standard InChI is InChI=1S/C6H12N2O/c1-5-3-9-4-6(8-5)2-7-1/h5-8H,1-4H2. The van der Waals surface area contributed by atoms with E-state index in [9.17, 15) is 0 Å². The molecule has 0 amide bonds. The van der Waals surface area contributed by atoms with E-state index in [-0.39, 0.29) is 0 Å². The van der Waals surface area contributed by atoms with E-state index < -0.39 is 0 Å². The van der Waals surface area contributed by atoms with Crippen molar-refractivity contribution in [3.05, 3.63) is 0 Å². The number of fused-ring (bicyclic) bond motifs is 2. The van der Waals surface area contributed by atoms with Gasteiger partial charge in [0.2, 0.25) is 0 Å². The van der Waals surface area contributed by atoms with Crippen molar-refractivity contribution in [2.75, 3.05) is 26.3 Å². The fourth-order valence-corrected chi connectivity index (χ4v) is 1.45. The molecule has 3 nitrogen and oxygen atoms in total. The van der Waals surface area contributed by atoms with Crippen molar-refractivity contribution in [2.45, 2.75) is 12.1 Å². The minimum absolute atomic E-state index is 0.567. The van der Waals surface area contributed by atoms with Crippen LogP contribution in [0.1, 0.15) is 0 Å². The predicted octanol–water partition coefficient (Wildman–Crippen LogP) is -1.05. The summed E-state index contributed by atoms with van der Waals surface area (Å²) in [7, 11) is 0. The Labute approximate surface area is 54.8 Å². The summed E-state index contributed by atoms with van der Waals surface area (Å²) in [5.41, 5.74) is 0. The van der Waals surface area contributed by atoms with Gasteiger partial charge in [-0.25, -0.2) is 0 Å². The van der Waals surface area contributed by atoms with Crippen LogP contribution in [-0.4, -0.2) is 38.4 Å². The van der Waals surface area contributed by atoms with Gasteiger partial charge in [0.15, 0.2) is 0 Å². The van der Waals surface area contributed by atoms with Crippen LogP contribution in [-0.2, 0) is 4.74 Å². The van der Waals surface area contributed by atoms with Crippen LogP contribution in [0, 0.1) is 0 Å². The maximum absolute atomic E-state index is 5.33. The first-order valence-corrected chi connectivity index (χ1v) is 3.49. The largest absolute Gasteiger partial charge is 0.378 e. The Hall–Kier alpha value is -0.120. The average Bonchev–Trinajstić information content (AvgIpc) is 1.88. The van der Waals surface area contributed by atoms with Crippen LogP contribution in [0.4, 0.5) is 0 Å². The molecule has 0 aliphatic carbocycles. The van der Waals surface area contributed by atoms with Crippen LogP contribution < -0.4 is 10.6 Å². The normalized spacial score (nSPS) is 42.7. The first kappa shape index (κ1) is 5.65. The molecule has 2 unspecified atom stereocenters. The van der Waals surface area contributed by atoms with Gasteiger partial charge in [0.25, 0.3) is 0 Å². The summed E-state index contributed by atoms with van der Waals surface area (Å²) in [6, 6.07) is 1.13. The van der Waals surface area contributed by atoms with Gasteiger partial charge in [-0.3, -0.25) is 0 Å². The molecule has 0 aromatic carbocycles. The second-order valence-corrected chi connectivity index (χ2v) is 2.76. The third-order valence-corrected chi connectivity index (χ3v) is 1.89. The Balaban J connectivity index is 1.96. The van der Waals surface area contributed by atoms with Crippen molar-refractivity contribution < 1.29 is 4.74 Å². The molecule has 0 aromatic rings. The van der Waals surface area contributed by atoms with Crippen LogP contribution in [0.25, 0.3) is 0 Å². The number of nitrogens with one attached hydrogen (secondary N) is 2. The Morgan fingerprint density at radius 2 is 1.78 bits per heavy atom. The number of piperazine rings is 1. The first-order chi connectivity index (χ1) is 4.45. The molecular formula is C6H12N2O. The minimum atomic E-state index is 0.567. The predicted molar refractivity (Wildman–Crippen MR) is 34.4 cm³/mol. The number of ether oxygens (including phenoxy) is 1. The highest BCUT2D eigenvalue weighted by Gasteiger charge is 2.24. The molecule has 0 saturated carbocycles. The zero-order valence-electron chi connectivity index (χ0n) is 5.39. The van der Waals surface area contributed by atoms with E-state index in [1.54, 1.807) is 0 Å². The van der Waals surface area contributed by atoms with Gasteiger partial charge in [-0.05, 0) is 0 Å². The molecular weight excluding hydrogens is 116 g/mol. The minimum Gasteiger partial charge on any atom is -0.378 e. The molecule has 0 radical (unpaired) electrons. The third kappa shape index (κ3) is 1.08. The maximum Gasteiger partial charge on any atom is 0.0632 e. The lowest BCUT2D eigenvalue weighted by Crippen LogP contribution is -2.61. The van der Waals surface area contributed by atoms with Crippen LogP contribution in [0.5, 0.6) is 0 Å². The van der Waals surface area contributed by atoms with Crippen molar-refractivity contribution in [1.29, 1.82) is 0 Å². The van der Waals surface area contributed by atoms with E-state index in [0.717, 1.165) is 26.3 Å². The van der Waals surface area contributed by atoms with E-state index in [4.69, 9.17) is 4.74 Å². The van der Waals surface area contributed by atoms with E-state index in [1.807, 2.05) is 0 Å². The highest BCUT2D eigenvalue weighted by atomic mass is 16.5. The van der Waals surface area contributed by atoms with Gasteiger partial charge in [0.05, 0.1) is 13.2 Å². The topological polar surface area (TPSA) is 33.3 Å². The molecule has 2 aliphatic heterocycles. The van der Waals surface area contributed by atoms with Gasteiger partial charge in [0, 0.05) is 25.2 Å². The average molecular weight is 128 g/mol. The van der Waals surface area contributed by atoms with Crippen molar-refractivity contribution in [3.8, 4) is 0 Å².